The van der Waals surface area contributed by atoms with Crippen LogP contribution in [-0.2, 0) is 32.7 Å². The Labute approximate surface area is 360 Å². The average molecular weight is 846 g/mol. The summed E-state index contributed by atoms with van der Waals surface area (Å²) in [5.41, 5.74) is 5.35. The predicted octanol–water partition coefficient (Wildman–Crippen LogP) is 13.6. The summed E-state index contributed by atoms with van der Waals surface area (Å²) in [6.07, 6.45) is 56.1. The van der Waals surface area contributed by atoms with E-state index in [-0.39, 0.29) is 32.6 Å². The lowest BCUT2D eigenvalue weighted by Crippen LogP contribution is -2.29. The summed E-state index contributed by atoms with van der Waals surface area (Å²) in [6.45, 7) is 3.55. The third kappa shape index (κ3) is 44.6. The molecule has 0 heterocycles. The number of phosphoric acid groups is 1. The van der Waals surface area contributed by atoms with Crippen molar-refractivity contribution in [3.63, 3.8) is 0 Å². The van der Waals surface area contributed by atoms with E-state index in [0.29, 0.717) is 12.8 Å². The molecule has 0 fully saturated rings. The maximum absolute atomic E-state index is 12.6. The van der Waals surface area contributed by atoms with Gasteiger partial charge in [-0.1, -0.05) is 163 Å². The molecular formula is C49H84NO8P. The molecule has 338 valence electrons. The number of carbonyl (C=O) groups excluding carboxylic acids is 2. The number of esters is 2. The van der Waals surface area contributed by atoms with Crippen LogP contribution in [-0.4, -0.2) is 49.3 Å². The van der Waals surface area contributed by atoms with Gasteiger partial charge in [0.25, 0.3) is 0 Å². The van der Waals surface area contributed by atoms with Crippen LogP contribution in [0.25, 0.3) is 0 Å². The standard InChI is InChI=1S/C49H84NO8P/c1-3-5-7-9-11-13-15-17-19-21-22-23-24-26-27-29-31-33-35-37-39-41-48(51)55-45-47(46-57-59(53,54)56-44-43-50)58-49(52)42-40-38-36-34-32-30-28-25-20-18-16-14-12-10-8-6-4-2/h6,8,12,14-15,17-18,20-22,24,26,28,30,47H,3-5,7,9-11,13,16,19,23,25,27,29,31-46,50H2,1-2H3,(H,53,54)/b8-6-,14-12-,17-15-,20-18-,22-21-,26-24-,30-28-. The predicted molar refractivity (Wildman–Crippen MR) is 247 cm³/mol. The van der Waals surface area contributed by atoms with Gasteiger partial charge in [-0.25, -0.2) is 4.57 Å². The fraction of sp³-hybridized carbons (Fsp3) is 0.673. The highest BCUT2D eigenvalue weighted by Crippen LogP contribution is 2.43. The van der Waals surface area contributed by atoms with Crippen molar-refractivity contribution in [3.8, 4) is 0 Å². The zero-order valence-corrected chi connectivity index (χ0v) is 38.1. The molecule has 59 heavy (non-hydrogen) atoms. The quantitative estimate of drug-likeness (QED) is 0.0266. The van der Waals surface area contributed by atoms with Crippen molar-refractivity contribution in [1.29, 1.82) is 0 Å². The molecule has 0 aromatic rings. The molecule has 0 saturated heterocycles. The molecule has 0 saturated carbocycles. The SMILES string of the molecule is CC/C=C\C/C=C\C/C=C\C/C=C\CCCCCCC(=O)OC(COC(=O)CCCCCCCC/C=C\C/C=C\C/C=C\CCCCCCC)COP(=O)(O)OCCN. The number of nitrogens with two attached hydrogens (primary N) is 1. The van der Waals surface area contributed by atoms with Crippen LogP contribution < -0.4 is 5.73 Å². The van der Waals surface area contributed by atoms with Gasteiger partial charge in [-0.2, -0.15) is 0 Å². The van der Waals surface area contributed by atoms with Gasteiger partial charge in [0.15, 0.2) is 6.10 Å². The third-order valence-corrected chi connectivity index (χ3v) is 10.2. The Balaban J connectivity index is 4.20. The molecule has 0 aliphatic rings. The summed E-state index contributed by atoms with van der Waals surface area (Å²) in [4.78, 5) is 34.9. The van der Waals surface area contributed by atoms with Crippen LogP contribution in [0.3, 0.4) is 0 Å². The van der Waals surface area contributed by atoms with Crippen molar-refractivity contribution in [3.05, 3.63) is 85.1 Å². The number of carbonyl (C=O) groups is 2. The molecule has 10 heteroatoms. The zero-order valence-electron chi connectivity index (χ0n) is 37.2. The molecule has 0 aromatic carbocycles. The Morgan fingerprint density at radius 1 is 0.525 bits per heavy atom. The minimum absolute atomic E-state index is 0.0424. The molecule has 0 aliphatic carbocycles. The smallest absolute Gasteiger partial charge is 0.462 e. The molecule has 2 atom stereocenters. The normalized spacial score (nSPS) is 14.0. The van der Waals surface area contributed by atoms with Crippen LogP contribution in [0.2, 0.25) is 0 Å². The number of hydrogen-bond donors (Lipinski definition) is 2. The Kier molecular flexibility index (Phi) is 42.6. The second kappa shape index (κ2) is 44.7. The van der Waals surface area contributed by atoms with E-state index in [2.05, 4.69) is 98.9 Å². The molecule has 0 spiro atoms. The second-order valence-electron chi connectivity index (χ2n) is 14.9. The molecule has 0 rings (SSSR count). The lowest BCUT2D eigenvalue weighted by molar-refractivity contribution is -0.161. The van der Waals surface area contributed by atoms with Crippen molar-refractivity contribution in [2.24, 2.45) is 5.73 Å². The van der Waals surface area contributed by atoms with Gasteiger partial charge in [-0.05, 0) is 89.9 Å². The maximum Gasteiger partial charge on any atom is 0.472 e. The fourth-order valence-electron chi connectivity index (χ4n) is 5.87. The fourth-order valence-corrected chi connectivity index (χ4v) is 6.63. The first-order chi connectivity index (χ1) is 28.8. The first kappa shape index (κ1) is 56.2. The van der Waals surface area contributed by atoms with E-state index >= 15 is 0 Å². The van der Waals surface area contributed by atoms with Gasteiger partial charge >= 0.3 is 19.8 Å². The first-order valence-corrected chi connectivity index (χ1v) is 24.6. The summed E-state index contributed by atoms with van der Waals surface area (Å²) >= 11 is 0. The number of allylic oxidation sites excluding steroid dienone is 14. The minimum Gasteiger partial charge on any atom is -0.462 e. The van der Waals surface area contributed by atoms with E-state index in [0.717, 1.165) is 103 Å². The van der Waals surface area contributed by atoms with Gasteiger partial charge in [0.05, 0.1) is 13.2 Å². The van der Waals surface area contributed by atoms with Crippen LogP contribution in [0.15, 0.2) is 85.1 Å². The Hall–Kier alpha value is -2.81. The van der Waals surface area contributed by atoms with E-state index in [9.17, 15) is 19.0 Å². The van der Waals surface area contributed by atoms with E-state index in [1.807, 2.05) is 0 Å². The molecule has 0 bridgehead atoms. The minimum atomic E-state index is -4.40. The van der Waals surface area contributed by atoms with Crippen LogP contribution in [0.1, 0.15) is 181 Å². The number of hydrogen-bond acceptors (Lipinski definition) is 8. The van der Waals surface area contributed by atoms with E-state index in [1.165, 1.54) is 38.5 Å². The highest BCUT2D eigenvalue weighted by molar-refractivity contribution is 7.47. The molecule has 3 N–H and O–H groups in total. The monoisotopic (exact) mass is 846 g/mol. The van der Waals surface area contributed by atoms with Crippen LogP contribution >= 0.6 is 7.82 Å². The molecule has 2 unspecified atom stereocenters. The van der Waals surface area contributed by atoms with Crippen molar-refractivity contribution in [1.82, 2.24) is 0 Å². The molecule has 0 radical (unpaired) electrons. The van der Waals surface area contributed by atoms with Crippen molar-refractivity contribution >= 4 is 19.8 Å². The van der Waals surface area contributed by atoms with Gasteiger partial charge in [0, 0.05) is 19.4 Å². The maximum atomic E-state index is 12.6. The Morgan fingerprint density at radius 3 is 1.39 bits per heavy atom. The number of phosphoric ester groups is 1. The van der Waals surface area contributed by atoms with Gasteiger partial charge < -0.3 is 20.1 Å². The highest BCUT2D eigenvalue weighted by atomic mass is 31.2. The zero-order chi connectivity index (χ0) is 43.2. The van der Waals surface area contributed by atoms with Gasteiger partial charge in [-0.15, -0.1) is 0 Å². The summed E-state index contributed by atoms with van der Waals surface area (Å²) in [5, 5.41) is 0. The van der Waals surface area contributed by atoms with Gasteiger partial charge in [-0.3, -0.25) is 18.6 Å². The van der Waals surface area contributed by atoms with Crippen LogP contribution in [0.4, 0.5) is 0 Å². The van der Waals surface area contributed by atoms with Crippen LogP contribution in [0, 0.1) is 0 Å². The lowest BCUT2D eigenvalue weighted by Gasteiger charge is -2.19. The summed E-state index contributed by atoms with van der Waals surface area (Å²) in [6, 6.07) is 0. The lowest BCUT2D eigenvalue weighted by atomic mass is 10.1. The molecular weight excluding hydrogens is 762 g/mol. The first-order valence-electron chi connectivity index (χ1n) is 23.1. The second-order valence-corrected chi connectivity index (χ2v) is 16.3. The number of rotatable bonds is 42. The number of unbranched alkanes of at least 4 members (excludes halogenated alkanes) is 15. The van der Waals surface area contributed by atoms with Gasteiger partial charge in [0.2, 0.25) is 0 Å². The molecule has 9 nitrogen and oxygen atoms in total. The Morgan fingerprint density at radius 2 is 0.932 bits per heavy atom. The number of ether oxygens (including phenoxy) is 2. The van der Waals surface area contributed by atoms with Crippen molar-refractivity contribution in [2.75, 3.05) is 26.4 Å². The molecule has 0 aromatic heterocycles. The highest BCUT2D eigenvalue weighted by Gasteiger charge is 2.26. The average Bonchev–Trinajstić information content (AvgIpc) is 3.22. The van der Waals surface area contributed by atoms with E-state index in [4.69, 9.17) is 24.3 Å². The van der Waals surface area contributed by atoms with Crippen molar-refractivity contribution in [2.45, 2.75) is 187 Å². The van der Waals surface area contributed by atoms with Gasteiger partial charge in [0.1, 0.15) is 6.61 Å². The summed E-state index contributed by atoms with van der Waals surface area (Å²) in [5.74, 6) is -0.877. The summed E-state index contributed by atoms with van der Waals surface area (Å²) in [7, 11) is -4.40. The van der Waals surface area contributed by atoms with E-state index < -0.39 is 32.5 Å². The molecule has 0 amide bonds. The topological polar surface area (TPSA) is 134 Å². The summed E-state index contributed by atoms with van der Waals surface area (Å²) < 4.78 is 32.8. The third-order valence-electron chi connectivity index (χ3n) is 9.27. The van der Waals surface area contributed by atoms with Crippen molar-refractivity contribution < 1.29 is 37.6 Å². The van der Waals surface area contributed by atoms with E-state index in [1.54, 1.807) is 0 Å². The molecule has 0 aliphatic heterocycles. The van der Waals surface area contributed by atoms with Crippen LogP contribution in [0.5, 0.6) is 0 Å². The Bertz CT molecular complexity index is 1240. The largest absolute Gasteiger partial charge is 0.472 e.